The molecule has 0 aliphatic carbocycles. The number of carbonyl (C=O) groups excluding carboxylic acids is 1. The van der Waals surface area contributed by atoms with Crippen molar-refractivity contribution >= 4 is 35.1 Å². The minimum absolute atomic E-state index is 0.0836. The molecular weight excluding hydrogens is 316 g/mol. The van der Waals surface area contributed by atoms with Gasteiger partial charge < -0.3 is 5.32 Å². The molecule has 1 aromatic heterocycles. The Kier molecular flexibility index (Phi) is 5.48. The summed E-state index contributed by atoms with van der Waals surface area (Å²) in [6.07, 6.45) is 1.51. The third-order valence-corrected chi connectivity index (χ3v) is 4.32. The lowest BCUT2D eigenvalue weighted by atomic mass is 9.87. The third-order valence-electron chi connectivity index (χ3n) is 3.09. The van der Waals surface area contributed by atoms with Gasteiger partial charge in [-0.3, -0.25) is 4.79 Å². The van der Waals surface area contributed by atoms with Crippen LogP contribution in [0.4, 0.5) is 5.82 Å². The fourth-order valence-corrected chi connectivity index (χ4v) is 2.64. The summed E-state index contributed by atoms with van der Waals surface area (Å²) in [4.78, 5) is 17.0. The molecule has 2 aromatic rings. The molecule has 0 fully saturated rings. The van der Waals surface area contributed by atoms with Gasteiger partial charge in [-0.05, 0) is 35.2 Å². The van der Waals surface area contributed by atoms with Gasteiger partial charge in [-0.15, -0.1) is 11.8 Å². The summed E-state index contributed by atoms with van der Waals surface area (Å²) in [5.41, 5.74) is 1.42. The van der Waals surface area contributed by atoms with Crippen LogP contribution in [0.25, 0.3) is 0 Å². The third kappa shape index (κ3) is 5.04. The zero-order chi connectivity index (χ0) is 16.2. The summed E-state index contributed by atoms with van der Waals surface area (Å²) in [7, 11) is 0. The number of benzene rings is 1. The lowest BCUT2D eigenvalue weighted by Crippen LogP contribution is -2.14. The first-order chi connectivity index (χ1) is 10.3. The first-order valence-electron chi connectivity index (χ1n) is 6.99. The molecule has 0 aliphatic heterocycles. The van der Waals surface area contributed by atoms with E-state index in [1.807, 2.05) is 0 Å². The van der Waals surface area contributed by atoms with Crippen molar-refractivity contribution in [1.82, 2.24) is 4.98 Å². The second-order valence-electron chi connectivity index (χ2n) is 5.97. The average molecular weight is 335 g/mol. The number of nitrogens with one attached hydrogen (secondary N) is 1. The maximum Gasteiger partial charge on any atom is 0.235 e. The monoisotopic (exact) mass is 334 g/mol. The molecule has 22 heavy (non-hydrogen) atoms. The number of hydrogen-bond acceptors (Lipinski definition) is 3. The summed E-state index contributed by atoms with van der Waals surface area (Å²) in [5.74, 6) is 0.775. The first kappa shape index (κ1) is 16.8. The molecule has 0 saturated heterocycles. The molecule has 1 N–H and O–H groups in total. The Morgan fingerprint density at radius 1 is 1.18 bits per heavy atom. The van der Waals surface area contributed by atoms with Crippen LogP contribution in [-0.4, -0.2) is 16.6 Å². The van der Waals surface area contributed by atoms with E-state index in [0.717, 1.165) is 4.90 Å². The van der Waals surface area contributed by atoms with Gasteiger partial charge in [0.25, 0.3) is 0 Å². The number of nitrogens with zero attached hydrogens (tertiary/aromatic N) is 1. The highest BCUT2D eigenvalue weighted by Gasteiger charge is 2.13. The number of thioether (sulfide) groups is 1. The van der Waals surface area contributed by atoms with Gasteiger partial charge in [0.15, 0.2) is 0 Å². The van der Waals surface area contributed by atoms with Gasteiger partial charge in [-0.1, -0.05) is 44.5 Å². The van der Waals surface area contributed by atoms with Crippen LogP contribution in [0, 0.1) is 0 Å². The lowest BCUT2D eigenvalue weighted by molar-refractivity contribution is -0.113. The second kappa shape index (κ2) is 7.16. The fraction of sp³-hybridized carbons (Fsp3) is 0.294. The number of amides is 1. The average Bonchev–Trinajstić information content (AvgIpc) is 2.47. The SMILES string of the molecule is CC(C)(C)c1ccc(SCC(=O)Nc2ccc(Cl)cn2)cc1. The first-order valence-corrected chi connectivity index (χ1v) is 8.36. The van der Waals surface area contributed by atoms with Crippen LogP contribution in [0.1, 0.15) is 26.3 Å². The topological polar surface area (TPSA) is 42.0 Å². The number of aromatic nitrogens is 1. The van der Waals surface area contributed by atoms with Gasteiger partial charge in [-0.2, -0.15) is 0 Å². The van der Waals surface area contributed by atoms with Gasteiger partial charge in [0.1, 0.15) is 5.82 Å². The minimum atomic E-state index is -0.0836. The van der Waals surface area contributed by atoms with E-state index in [9.17, 15) is 4.79 Å². The number of halogens is 1. The number of pyridine rings is 1. The van der Waals surface area contributed by atoms with E-state index in [1.54, 1.807) is 12.1 Å². The highest BCUT2D eigenvalue weighted by atomic mass is 35.5. The molecule has 1 amide bonds. The highest BCUT2D eigenvalue weighted by molar-refractivity contribution is 8.00. The summed E-state index contributed by atoms with van der Waals surface area (Å²) in [6.45, 7) is 6.55. The Labute approximate surface area is 140 Å². The number of anilines is 1. The summed E-state index contributed by atoms with van der Waals surface area (Å²) in [5, 5.41) is 3.29. The smallest absolute Gasteiger partial charge is 0.235 e. The maximum atomic E-state index is 11.9. The van der Waals surface area contributed by atoms with E-state index < -0.39 is 0 Å². The molecular formula is C17H19ClN2OS. The van der Waals surface area contributed by atoms with Crippen molar-refractivity contribution in [3.8, 4) is 0 Å². The molecule has 5 heteroatoms. The molecule has 1 heterocycles. The quantitative estimate of drug-likeness (QED) is 0.819. The van der Waals surface area contributed by atoms with Crippen LogP contribution >= 0.6 is 23.4 Å². The minimum Gasteiger partial charge on any atom is -0.310 e. The Hall–Kier alpha value is -1.52. The maximum absolute atomic E-state index is 11.9. The lowest BCUT2D eigenvalue weighted by Gasteiger charge is -2.19. The number of rotatable bonds is 4. The van der Waals surface area contributed by atoms with E-state index in [4.69, 9.17) is 11.6 Å². The summed E-state index contributed by atoms with van der Waals surface area (Å²) < 4.78 is 0. The van der Waals surface area contributed by atoms with Crippen LogP contribution in [0.15, 0.2) is 47.5 Å². The molecule has 2 rings (SSSR count). The molecule has 0 aliphatic rings. The molecule has 0 unspecified atom stereocenters. The standard InChI is InChI=1S/C17H19ClN2OS/c1-17(2,3)12-4-7-14(8-5-12)22-11-16(21)20-15-9-6-13(18)10-19-15/h4-10H,11H2,1-3H3,(H,19,20,21). The van der Waals surface area contributed by atoms with Crippen LogP contribution in [0.5, 0.6) is 0 Å². The van der Waals surface area contributed by atoms with E-state index >= 15 is 0 Å². The van der Waals surface area contributed by atoms with Crippen molar-refractivity contribution in [3.05, 3.63) is 53.2 Å². The Morgan fingerprint density at radius 2 is 1.86 bits per heavy atom. The molecule has 3 nitrogen and oxygen atoms in total. The number of hydrogen-bond donors (Lipinski definition) is 1. The van der Waals surface area contributed by atoms with Crippen molar-refractivity contribution in [3.63, 3.8) is 0 Å². The predicted octanol–water partition coefficient (Wildman–Crippen LogP) is 4.76. The van der Waals surface area contributed by atoms with Gasteiger partial charge in [0.2, 0.25) is 5.91 Å². The molecule has 0 radical (unpaired) electrons. The molecule has 0 atom stereocenters. The Balaban J connectivity index is 1.87. The Morgan fingerprint density at radius 3 is 2.41 bits per heavy atom. The second-order valence-corrected chi connectivity index (χ2v) is 7.46. The van der Waals surface area contributed by atoms with E-state index in [-0.39, 0.29) is 11.3 Å². The molecule has 0 saturated carbocycles. The van der Waals surface area contributed by atoms with Gasteiger partial charge in [0.05, 0.1) is 10.8 Å². The van der Waals surface area contributed by atoms with Gasteiger partial charge in [0, 0.05) is 11.1 Å². The fourth-order valence-electron chi connectivity index (χ4n) is 1.83. The van der Waals surface area contributed by atoms with Crippen molar-refractivity contribution in [2.45, 2.75) is 31.1 Å². The van der Waals surface area contributed by atoms with Crippen LogP contribution in [0.2, 0.25) is 5.02 Å². The van der Waals surface area contributed by atoms with Gasteiger partial charge >= 0.3 is 0 Å². The van der Waals surface area contributed by atoms with Crippen LogP contribution in [0.3, 0.4) is 0 Å². The normalized spacial score (nSPS) is 11.3. The predicted molar refractivity (Wildman–Crippen MR) is 93.7 cm³/mol. The van der Waals surface area contributed by atoms with Crippen LogP contribution < -0.4 is 5.32 Å². The number of carbonyl (C=O) groups is 1. The van der Waals surface area contributed by atoms with Crippen molar-refractivity contribution in [1.29, 1.82) is 0 Å². The molecule has 116 valence electrons. The van der Waals surface area contributed by atoms with Crippen LogP contribution in [-0.2, 0) is 10.2 Å². The summed E-state index contributed by atoms with van der Waals surface area (Å²) in [6, 6.07) is 11.7. The zero-order valence-corrected chi connectivity index (χ0v) is 14.5. The largest absolute Gasteiger partial charge is 0.310 e. The summed E-state index contributed by atoms with van der Waals surface area (Å²) >= 11 is 7.26. The Bertz CT molecular complexity index is 633. The van der Waals surface area contributed by atoms with E-state index in [2.05, 4.69) is 55.3 Å². The van der Waals surface area contributed by atoms with E-state index in [1.165, 1.54) is 23.5 Å². The molecule has 0 bridgehead atoms. The van der Waals surface area contributed by atoms with E-state index in [0.29, 0.717) is 16.6 Å². The van der Waals surface area contributed by atoms with Crippen molar-refractivity contribution in [2.24, 2.45) is 0 Å². The van der Waals surface area contributed by atoms with Gasteiger partial charge in [-0.25, -0.2) is 4.98 Å². The van der Waals surface area contributed by atoms with Crippen molar-refractivity contribution in [2.75, 3.05) is 11.1 Å². The zero-order valence-electron chi connectivity index (χ0n) is 12.9. The molecule has 1 aromatic carbocycles. The molecule has 0 spiro atoms. The highest BCUT2D eigenvalue weighted by Crippen LogP contribution is 2.25. The van der Waals surface area contributed by atoms with Crippen molar-refractivity contribution < 1.29 is 4.79 Å².